The molecule has 5 atom stereocenters. The van der Waals surface area contributed by atoms with E-state index in [4.69, 9.17) is 10.5 Å². The molecule has 7 N–H and O–H groups in total. The summed E-state index contributed by atoms with van der Waals surface area (Å²) >= 11 is 0. The van der Waals surface area contributed by atoms with Crippen molar-refractivity contribution in [1.29, 1.82) is 0 Å². The first kappa shape index (κ1) is 45.1. The van der Waals surface area contributed by atoms with Crippen LogP contribution >= 0.6 is 0 Å². The van der Waals surface area contributed by atoms with Crippen LogP contribution in [0.5, 0.6) is 0 Å². The Balaban J connectivity index is 1.51. The van der Waals surface area contributed by atoms with Gasteiger partial charge in [0.05, 0.1) is 30.7 Å². The lowest BCUT2D eigenvalue weighted by Crippen LogP contribution is -2.58. The van der Waals surface area contributed by atoms with Crippen LogP contribution in [0.25, 0.3) is 0 Å². The van der Waals surface area contributed by atoms with Crippen LogP contribution in [-0.2, 0) is 44.7 Å². The molecule has 0 radical (unpaired) electrons. The lowest BCUT2D eigenvalue weighted by Gasteiger charge is -2.35. The molecule has 314 valence electrons. The molecular weight excluding hydrogens is 748 g/mol. The highest BCUT2D eigenvalue weighted by atomic mass is 16.5. The van der Waals surface area contributed by atoms with Crippen LogP contribution in [0.4, 0.5) is 0 Å². The molecular formula is C42H56N6O10. The smallest absolute Gasteiger partial charge is 0.307 e. The standard InChI is InChI=1S/C42H56N6O10/c1-5-13-30(36(52)40(56)44-23-32(49)46-34(37(43)53)26-15-8-6-9-16-26)45-39(55)31-22-29(58-42(2,3)4)24-48(31)41(57)35(27-17-10-7-11-18-27)47-38(54)28-19-12-14-25(20-28)21-33(50)51/h6,8-9,12,14-16,19-20,27,29-31,34-35H,5,7,10-11,13,17-18,21-24H2,1-4H3,(H2,43,53)(H,44,56)(H,45,55)(H,46,49)(H,47,54)(H,50,51)/t29-,30?,31+,34+,35+/m1/s1. The molecule has 2 aliphatic rings. The summed E-state index contributed by atoms with van der Waals surface area (Å²) < 4.78 is 6.24. The number of amides is 6. The zero-order valence-electron chi connectivity index (χ0n) is 33.6. The average molecular weight is 805 g/mol. The Bertz CT molecular complexity index is 1820. The Labute approximate surface area is 338 Å². The number of carboxylic acids is 1. The lowest BCUT2D eigenvalue weighted by atomic mass is 9.83. The normalized spacial score (nSPS) is 18.6. The fraction of sp³-hybridized carbons (Fsp3) is 0.524. The average Bonchev–Trinajstić information content (AvgIpc) is 3.60. The number of benzene rings is 2. The summed E-state index contributed by atoms with van der Waals surface area (Å²) in [6.45, 7) is 6.68. The Morgan fingerprint density at radius 2 is 1.60 bits per heavy atom. The SMILES string of the molecule is CCCC(NC(=O)[C@@H]1C[C@@H](OC(C)(C)C)CN1C(=O)[C@@H](NC(=O)c1cccc(CC(=O)O)c1)C1CCCCC1)C(=O)C(=O)NCC(=O)N[C@H](C(N)=O)c1ccccc1. The van der Waals surface area contributed by atoms with Crippen LogP contribution in [-0.4, -0.2) is 100 Å². The van der Waals surface area contributed by atoms with Gasteiger partial charge in [-0.1, -0.05) is 75.1 Å². The molecule has 0 bridgehead atoms. The van der Waals surface area contributed by atoms with E-state index >= 15 is 0 Å². The molecule has 16 nitrogen and oxygen atoms in total. The number of hydrogen-bond donors (Lipinski definition) is 6. The van der Waals surface area contributed by atoms with Gasteiger partial charge in [-0.2, -0.15) is 0 Å². The van der Waals surface area contributed by atoms with Gasteiger partial charge in [0.1, 0.15) is 18.1 Å². The van der Waals surface area contributed by atoms with E-state index in [9.17, 15) is 43.5 Å². The summed E-state index contributed by atoms with van der Waals surface area (Å²) in [4.78, 5) is 106. The van der Waals surface area contributed by atoms with Gasteiger partial charge in [-0.3, -0.25) is 38.4 Å². The van der Waals surface area contributed by atoms with Crippen molar-refractivity contribution in [2.45, 2.75) is 121 Å². The predicted octanol–water partition coefficient (Wildman–Crippen LogP) is 2.09. The van der Waals surface area contributed by atoms with Gasteiger partial charge in [-0.15, -0.1) is 0 Å². The Morgan fingerprint density at radius 3 is 2.22 bits per heavy atom. The number of rotatable bonds is 18. The summed E-state index contributed by atoms with van der Waals surface area (Å²) in [6.07, 6.45) is 3.71. The molecule has 58 heavy (non-hydrogen) atoms. The number of ketones is 1. The number of likely N-dealkylation sites (tertiary alicyclic amines) is 1. The fourth-order valence-corrected chi connectivity index (χ4v) is 7.53. The maximum atomic E-state index is 14.7. The Hall–Kier alpha value is -5.64. The van der Waals surface area contributed by atoms with Gasteiger partial charge in [0.25, 0.3) is 11.8 Å². The first-order valence-corrected chi connectivity index (χ1v) is 19.8. The molecule has 1 aliphatic carbocycles. The molecule has 16 heteroatoms. The molecule has 0 aromatic heterocycles. The maximum absolute atomic E-state index is 14.7. The second-order valence-electron chi connectivity index (χ2n) is 15.9. The van der Waals surface area contributed by atoms with Crippen molar-refractivity contribution in [1.82, 2.24) is 26.2 Å². The van der Waals surface area contributed by atoms with Crippen molar-refractivity contribution in [2.75, 3.05) is 13.1 Å². The number of Topliss-reactive ketones (excluding diaryl/α,β-unsaturated/α-hetero) is 1. The van der Waals surface area contributed by atoms with Crippen LogP contribution in [0.3, 0.4) is 0 Å². The van der Waals surface area contributed by atoms with E-state index in [0.717, 1.165) is 19.3 Å². The number of nitrogens with one attached hydrogen (secondary N) is 4. The number of ether oxygens (including phenoxy) is 1. The molecule has 2 fully saturated rings. The van der Waals surface area contributed by atoms with Gasteiger partial charge < -0.3 is 41.7 Å². The van der Waals surface area contributed by atoms with Crippen molar-refractivity contribution < 1.29 is 48.2 Å². The summed E-state index contributed by atoms with van der Waals surface area (Å²) in [5, 5.41) is 19.6. The highest BCUT2D eigenvalue weighted by Gasteiger charge is 2.46. The van der Waals surface area contributed by atoms with Gasteiger partial charge >= 0.3 is 5.97 Å². The van der Waals surface area contributed by atoms with Crippen molar-refractivity contribution in [3.05, 3.63) is 71.3 Å². The summed E-state index contributed by atoms with van der Waals surface area (Å²) in [5.74, 6) is -6.76. The minimum absolute atomic E-state index is 0.0264. The number of nitrogens with two attached hydrogens (primary N) is 1. The van der Waals surface area contributed by atoms with E-state index in [1.807, 2.05) is 20.8 Å². The number of carbonyl (C=O) groups excluding carboxylic acids is 7. The van der Waals surface area contributed by atoms with Crippen LogP contribution < -0.4 is 27.0 Å². The number of aliphatic carboxylic acids is 1. The predicted molar refractivity (Wildman–Crippen MR) is 212 cm³/mol. The number of carboxylic acid groups (broad SMARTS) is 1. The zero-order valence-corrected chi connectivity index (χ0v) is 33.6. The largest absolute Gasteiger partial charge is 0.481 e. The molecule has 2 aromatic rings. The van der Waals surface area contributed by atoms with Crippen molar-refractivity contribution in [2.24, 2.45) is 11.7 Å². The Kier molecular flexibility index (Phi) is 16.1. The highest BCUT2D eigenvalue weighted by Crippen LogP contribution is 2.31. The van der Waals surface area contributed by atoms with E-state index in [2.05, 4.69) is 21.3 Å². The summed E-state index contributed by atoms with van der Waals surface area (Å²) in [5.41, 5.74) is 5.89. The third-order valence-corrected chi connectivity index (χ3v) is 10.2. The topological polar surface area (TPSA) is 243 Å². The summed E-state index contributed by atoms with van der Waals surface area (Å²) in [6, 6.07) is 9.85. The van der Waals surface area contributed by atoms with E-state index < -0.39 is 89.6 Å². The van der Waals surface area contributed by atoms with E-state index in [1.165, 1.54) is 11.0 Å². The van der Waals surface area contributed by atoms with Crippen molar-refractivity contribution >= 4 is 47.2 Å². The van der Waals surface area contributed by atoms with Gasteiger partial charge in [0.2, 0.25) is 29.4 Å². The van der Waals surface area contributed by atoms with Crippen LogP contribution in [0.2, 0.25) is 0 Å². The monoisotopic (exact) mass is 804 g/mol. The quantitative estimate of drug-likeness (QED) is 0.120. The van der Waals surface area contributed by atoms with Gasteiger partial charge in [-0.05, 0) is 69.2 Å². The van der Waals surface area contributed by atoms with Gasteiger partial charge in [-0.25, -0.2) is 0 Å². The minimum Gasteiger partial charge on any atom is -0.481 e. The molecule has 1 saturated heterocycles. The first-order chi connectivity index (χ1) is 27.5. The van der Waals surface area contributed by atoms with Crippen molar-refractivity contribution in [3.8, 4) is 0 Å². The third kappa shape index (κ3) is 12.9. The van der Waals surface area contributed by atoms with Crippen molar-refractivity contribution in [3.63, 3.8) is 0 Å². The second-order valence-corrected chi connectivity index (χ2v) is 15.9. The molecule has 1 heterocycles. The molecule has 1 aliphatic heterocycles. The minimum atomic E-state index is -1.30. The van der Waals surface area contributed by atoms with E-state index in [0.29, 0.717) is 30.4 Å². The van der Waals surface area contributed by atoms with E-state index in [1.54, 1.807) is 55.5 Å². The Morgan fingerprint density at radius 1 is 0.914 bits per heavy atom. The second kappa shape index (κ2) is 20.7. The number of hydrogen-bond acceptors (Lipinski definition) is 9. The molecule has 6 amide bonds. The van der Waals surface area contributed by atoms with E-state index in [-0.39, 0.29) is 37.3 Å². The fourth-order valence-electron chi connectivity index (χ4n) is 7.53. The maximum Gasteiger partial charge on any atom is 0.307 e. The van der Waals surface area contributed by atoms with Crippen LogP contribution in [0.15, 0.2) is 54.6 Å². The first-order valence-electron chi connectivity index (χ1n) is 19.8. The molecule has 0 spiro atoms. The molecule has 4 rings (SSSR count). The number of primary amides is 1. The number of carbonyl (C=O) groups is 8. The molecule has 1 saturated carbocycles. The third-order valence-electron chi connectivity index (χ3n) is 10.2. The van der Waals surface area contributed by atoms with Crippen LogP contribution in [0.1, 0.15) is 107 Å². The summed E-state index contributed by atoms with van der Waals surface area (Å²) in [7, 11) is 0. The number of nitrogens with zero attached hydrogens (tertiary/aromatic N) is 1. The highest BCUT2D eigenvalue weighted by molar-refractivity contribution is 6.38. The van der Waals surface area contributed by atoms with Gasteiger partial charge in [0.15, 0.2) is 0 Å². The van der Waals surface area contributed by atoms with Gasteiger partial charge in [0, 0.05) is 18.5 Å². The molecule has 1 unspecified atom stereocenters. The van der Waals surface area contributed by atoms with Crippen LogP contribution in [0, 0.1) is 5.92 Å². The molecule has 2 aromatic carbocycles. The zero-order chi connectivity index (χ0) is 42.6. The lowest BCUT2D eigenvalue weighted by molar-refractivity contribution is -0.143.